The van der Waals surface area contributed by atoms with Crippen molar-refractivity contribution in [2.45, 2.75) is 117 Å². The van der Waals surface area contributed by atoms with Gasteiger partial charge in [0.1, 0.15) is 43.8 Å². The topological polar surface area (TPSA) is 150 Å². The van der Waals surface area contributed by atoms with Crippen molar-refractivity contribution >= 4 is 38.3 Å². The number of carbonyl (C=O) groups excluding carboxylic acids is 3. The Morgan fingerprint density at radius 2 is 0.809 bits per heavy atom. The summed E-state index contributed by atoms with van der Waals surface area (Å²) in [5.74, 6) is -4.93. The van der Waals surface area contributed by atoms with Crippen molar-refractivity contribution in [1.82, 2.24) is 0 Å². The fourth-order valence-corrected chi connectivity index (χ4v) is 11.8. The molecule has 0 N–H and O–H groups in total. The zero-order valence-corrected chi connectivity index (χ0v) is 39.5. The Bertz CT molecular complexity index is 2430. The second-order valence-electron chi connectivity index (χ2n) is 17.5. The number of carbonyl (C=O) groups is 3. The van der Waals surface area contributed by atoms with E-state index in [4.69, 9.17) is 32.1 Å². The SMILES string of the molecule is CC(C)(C)OC(=O)COc1cc(OCC(=O)OC(C)(C)C)c(S(OS(=O)(=O)c2c(C(F)(F)F)cc(C(F)(F)F)cc2C(F)(F)F)(c2ccccc2)c2ccccc2)c(OCC(=O)OC(C)(C)C)c1. The van der Waals surface area contributed by atoms with Crippen LogP contribution in [0.25, 0.3) is 0 Å². The lowest BCUT2D eigenvalue weighted by atomic mass is 10.0. The highest BCUT2D eigenvalue weighted by molar-refractivity contribution is 8.33. The Labute approximate surface area is 387 Å². The predicted octanol–water partition coefficient (Wildman–Crippen LogP) is 11.5. The number of rotatable bonds is 15. The van der Waals surface area contributed by atoms with Crippen LogP contribution in [-0.4, -0.2) is 62.9 Å². The van der Waals surface area contributed by atoms with Gasteiger partial charge in [-0.1, -0.05) is 36.4 Å². The summed E-state index contributed by atoms with van der Waals surface area (Å²) in [6, 6.07) is 12.8. The van der Waals surface area contributed by atoms with E-state index < -0.39 is 149 Å². The van der Waals surface area contributed by atoms with Crippen molar-refractivity contribution in [1.29, 1.82) is 0 Å². The maximum atomic E-state index is 14.9. The maximum Gasteiger partial charge on any atom is 0.417 e. The molecule has 374 valence electrons. The van der Waals surface area contributed by atoms with E-state index in [9.17, 15) is 62.3 Å². The first-order valence-corrected chi connectivity index (χ1v) is 22.9. The zero-order valence-electron chi connectivity index (χ0n) is 37.8. The lowest BCUT2D eigenvalue weighted by Gasteiger charge is -2.41. The minimum absolute atomic E-state index is 0.351. The first-order chi connectivity index (χ1) is 30.9. The number of alkyl halides is 9. The van der Waals surface area contributed by atoms with Gasteiger partial charge >= 0.3 is 46.6 Å². The number of esters is 3. The second-order valence-corrected chi connectivity index (χ2v) is 21.8. The van der Waals surface area contributed by atoms with Crippen LogP contribution in [0.1, 0.15) is 79.0 Å². The Morgan fingerprint density at radius 3 is 1.12 bits per heavy atom. The summed E-state index contributed by atoms with van der Waals surface area (Å²) in [6.45, 7) is 10.6. The van der Waals surface area contributed by atoms with Crippen LogP contribution >= 0.6 is 10.3 Å². The van der Waals surface area contributed by atoms with Crippen molar-refractivity contribution in [3.05, 3.63) is 102 Å². The summed E-state index contributed by atoms with van der Waals surface area (Å²) in [6.07, 6.45) is -18.3. The third-order valence-electron chi connectivity index (χ3n) is 8.21. The molecule has 0 aliphatic rings. The van der Waals surface area contributed by atoms with Gasteiger partial charge in [-0.25, -0.2) is 18.0 Å². The first kappa shape index (κ1) is 54.9. The van der Waals surface area contributed by atoms with Gasteiger partial charge in [-0.05, 0) is 109 Å². The van der Waals surface area contributed by atoms with Crippen molar-refractivity contribution in [3.8, 4) is 17.2 Å². The normalized spacial score (nSPS) is 13.3. The number of hydrogen-bond donors (Lipinski definition) is 0. The molecule has 0 aliphatic carbocycles. The van der Waals surface area contributed by atoms with Gasteiger partial charge in [-0.15, -0.1) is 0 Å². The minimum Gasteiger partial charge on any atom is -0.482 e. The molecule has 12 nitrogen and oxygen atoms in total. The van der Waals surface area contributed by atoms with Gasteiger partial charge in [0.2, 0.25) is 0 Å². The van der Waals surface area contributed by atoms with E-state index in [2.05, 4.69) is 0 Å². The van der Waals surface area contributed by atoms with Gasteiger partial charge in [0.25, 0.3) is 0 Å². The molecular formula is C45H47F9O12S2. The van der Waals surface area contributed by atoms with Crippen LogP contribution < -0.4 is 14.2 Å². The molecule has 0 aliphatic heterocycles. The average Bonchev–Trinajstić information content (AvgIpc) is 3.18. The van der Waals surface area contributed by atoms with E-state index in [-0.39, 0.29) is 9.79 Å². The summed E-state index contributed by atoms with van der Waals surface area (Å²) < 4.78 is 201. The van der Waals surface area contributed by atoms with Crippen LogP contribution in [0.3, 0.4) is 0 Å². The maximum absolute atomic E-state index is 14.9. The van der Waals surface area contributed by atoms with Crippen molar-refractivity contribution in [2.24, 2.45) is 0 Å². The van der Waals surface area contributed by atoms with Gasteiger partial charge in [0, 0.05) is 21.9 Å². The van der Waals surface area contributed by atoms with Gasteiger partial charge in [-0.3, -0.25) is 0 Å². The predicted molar refractivity (Wildman–Crippen MR) is 225 cm³/mol. The van der Waals surface area contributed by atoms with E-state index in [1.54, 1.807) is 20.8 Å². The molecule has 0 heterocycles. The molecule has 4 aromatic carbocycles. The van der Waals surface area contributed by atoms with Crippen molar-refractivity contribution in [3.63, 3.8) is 0 Å². The summed E-state index contributed by atoms with van der Waals surface area (Å²) in [7, 11) is -11.3. The zero-order chi connectivity index (χ0) is 51.5. The van der Waals surface area contributed by atoms with Crippen LogP contribution in [0, 0.1) is 0 Å². The molecule has 0 atom stereocenters. The van der Waals surface area contributed by atoms with Crippen molar-refractivity contribution < 1.29 is 94.4 Å². The fraction of sp³-hybridized carbons (Fsp3) is 0.400. The number of hydrogen-bond acceptors (Lipinski definition) is 12. The highest BCUT2D eigenvalue weighted by Gasteiger charge is 2.52. The Morgan fingerprint density at radius 1 is 0.471 bits per heavy atom. The van der Waals surface area contributed by atoms with Gasteiger partial charge < -0.3 is 28.4 Å². The molecule has 0 saturated carbocycles. The van der Waals surface area contributed by atoms with Gasteiger partial charge in [0.15, 0.2) is 19.8 Å². The van der Waals surface area contributed by atoms with E-state index in [0.29, 0.717) is 0 Å². The molecule has 68 heavy (non-hydrogen) atoms. The Hall–Kier alpha value is -5.68. The number of benzene rings is 4. The highest BCUT2D eigenvalue weighted by Crippen LogP contribution is 2.75. The second kappa shape index (κ2) is 20.1. The monoisotopic (exact) mass is 1010 g/mol. The molecule has 0 amide bonds. The van der Waals surface area contributed by atoms with E-state index in [1.165, 1.54) is 77.9 Å². The number of ether oxygens (including phenoxy) is 6. The molecule has 0 fully saturated rings. The molecule has 0 unspecified atom stereocenters. The summed E-state index contributed by atoms with van der Waals surface area (Å²) >= 11 is 0. The highest BCUT2D eigenvalue weighted by atomic mass is 32.3. The lowest BCUT2D eigenvalue weighted by molar-refractivity contribution is -0.158. The average molecular weight is 1010 g/mol. The molecule has 4 rings (SSSR count). The van der Waals surface area contributed by atoms with E-state index in [1.807, 2.05) is 0 Å². The molecule has 0 spiro atoms. The van der Waals surface area contributed by atoms with Crippen LogP contribution in [0.5, 0.6) is 17.2 Å². The largest absolute Gasteiger partial charge is 0.482 e. The molecule has 0 aromatic heterocycles. The van der Waals surface area contributed by atoms with Crippen molar-refractivity contribution in [2.75, 3.05) is 19.8 Å². The van der Waals surface area contributed by atoms with Crippen LogP contribution in [0.4, 0.5) is 39.5 Å². The molecule has 23 heteroatoms. The smallest absolute Gasteiger partial charge is 0.417 e. The van der Waals surface area contributed by atoms with E-state index >= 15 is 0 Å². The van der Waals surface area contributed by atoms with Crippen LogP contribution in [0.2, 0.25) is 0 Å². The fourth-order valence-electron chi connectivity index (χ4n) is 6.02. The Kier molecular flexibility index (Phi) is 16.2. The Balaban J connectivity index is 2.27. The standard InChI is InChI=1S/C45H47F9O12S2/c1-40(2,3)63-35(55)24-60-28-22-33(61-25-36(56)64-41(4,5)6)39(34(23-28)62-26-37(57)65-42(7,8)9)67(29-16-12-10-13-17-29,30-18-14-11-15-19-30)66-68(58,59)38-31(44(49,50)51)20-27(43(46,47)48)21-32(38)45(52,53)54/h10-23H,24-26H2,1-9H3. The minimum atomic E-state index is -6.70. The molecule has 0 saturated heterocycles. The molecule has 4 aromatic rings. The van der Waals surface area contributed by atoms with E-state index in [0.717, 1.165) is 36.4 Å². The summed E-state index contributed by atoms with van der Waals surface area (Å²) in [5, 5.41) is 0. The first-order valence-electron chi connectivity index (χ1n) is 19.9. The lowest BCUT2D eigenvalue weighted by Crippen LogP contribution is -2.28. The van der Waals surface area contributed by atoms with Gasteiger partial charge in [-0.2, -0.15) is 47.9 Å². The van der Waals surface area contributed by atoms with Gasteiger partial charge in [0.05, 0.1) is 16.7 Å². The summed E-state index contributed by atoms with van der Waals surface area (Å²) in [4.78, 5) is 35.1. The van der Waals surface area contributed by atoms with Crippen LogP contribution in [-0.2, 0) is 60.9 Å². The molecule has 0 bridgehead atoms. The quantitative estimate of drug-likeness (QED) is 0.0633. The molecular weight excluding hydrogens is 968 g/mol. The van der Waals surface area contributed by atoms with Crippen LogP contribution in [0.15, 0.2) is 105 Å². The third kappa shape index (κ3) is 14.7. The molecule has 0 radical (unpaired) electrons. The third-order valence-corrected chi connectivity index (χ3v) is 13.5. The number of halogens is 9. The summed E-state index contributed by atoms with van der Waals surface area (Å²) in [5.41, 5.74) is -11.6.